The number of likely N-dealkylation sites (N-methyl/N-ethyl adjacent to an activating group) is 1. The fourth-order valence-electron chi connectivity index (χ4n) is 3.84. The van der Waals surface area contributed by atoms with Gasteiger partial charge >= 0.3 is 0 Å². The van der Waals surface area contributed by atoms with Gasteiger partial charge in [0.1, 0.15) is 0 Å². The van der Waals surface area contributed by atoms with Crippen molar-refractivity contribution in [1.82, 2.24) is 15.1 Å². The molecule has 0 bridgehead atoms. The molecule has 0 spiro atoms. The van der Waals surface area contributed by atoms with E-state index in [0.29, 0.717) is 5.92 Å². The predicted octanol–water partition coefficient (Wildman–Crippen LogP) is 2.05. The number of morpholine rings is 1. The van der Waals surface area contributed by atoms with E-state index in [-0.39, 0.29) is 18.3 Å². The van der Waals surface area contributed by atoms with E-state index in [1.54, 1.807) is 0 Å². The van der Waals surface area contributed by atoms with E-state index < -0.39 is 0 Å². The molecule has 0 radical (unpaired) electrons. The Morgan fingerprint density at radius 1 is 1.15 bits per heavy atom. The summed E-state index contributed by atoms with van der Waals surface area (Å²) < 4.78 is 5.43. The SMILES string of the molecule is CNCCc1ccccc1C(=O)N1CCC(CN2CCOCC2)CC1.Cl. The molecule has 0 unspecified atom stereocenters. The monoisotopic (exact) mass is 381 g/mol. The summed E-state index contributed by atoms with van der Waals surface area (Å²) in [6.45, 7) is 7.65. The van der Waals surface area contributed by atoms with Gasteiger partial charge in [-0.25, -0.2) is 0 Å². The van der Waals surface area contributed by atoms with Crippen LogP contribution in [0.2, 0.25) is 0 Å². The van der Waals surface area contributed by atoms with Crippen LogP contribution in [-0.2, 0) is 11.2 Å². The molecule has 1 aromatic carbocycles. The Morgan fingerprint density at radius 2 is 1.85 bits per heavy atom. The van der Waals surface area contributed by atoms with Crippen molar-refractivity contribution >= 4 is 18.3 Å². The number of carbonyl (C=O) groups is 1. The molecule has 0 aromatic heterocycles. The van der Waals surface area contributed by atoms with Crippen LogP contribution in [-0.4, -0.2) is 75.2 Å². The first-order valence-electron chi connectivity index (χ1n) is 9.60. The minimum Gasteiger partial charge on any atom is -0.379 e. The highest BCUT2D eigenvalue weighted by atomic mass is 35.5. The summed E-state index contributed by atoms with van der Waals surface area (Å²) >= 11 is 0. The van der Waals surface area contributed by atoms with Crippen LogP contribution in [0, 0.1) is 5.92 Å². The van der Waals surface area contributed by atoms with E-state index in [2.05, 4.69) is 16.3 Å². The highest BCUT2D eigenvalue weighted by Gasteiger charge is 2.26. The van der Waals surface area contributed by atoms with Crippen LogP contribution in [0.5, 0.6) is 0 Å². The molecule has 5 nitrogen and oxygen atoms in total. The number of benzene rings is 1. The zero-order valence-electron chi connectivity index (χ0n) is 15.8. The predicted molar refractivity (Wildman–Crippen MR) is 107 cm³/mol. The summed E-state index contributed by atoms with van der Waals surface area (Å²) in [5.41, 5.74) is 2.03. The van der Waals surface area contributed by atoms with Gasteiger partial charge in [0.25, 0.3) is 5.91 Å². The van der Waals surface area contributed by atoms with E-state index >= 15 is 0 Å². The number of nitrogens with zero attached hydrogens (tertiary/aromatic N) is 2. The van der Waals surface area contributed by atoms with Gasteiger partial charge in [-0.2, -0.15) is 0 Å². The molecule has 0 aliphatic carbocycles. The van der Waals surface area contributed by atoms with Gasteiger partial charge in [-0.05, 0) is 50.4 Å². The van der Waals surface area contributed by atoms with Crippen molar-refractivity contribution in [2.24, 2.45) is 5.92 Å². The molecular formula is C20H32ClN3O2. The molecule has 1 amide bonds. The second kappa shape index (κ2) is 10.9. The van der Waals surface area contributed by atoms with Gasteiger partial charge in [0.2, 0.25) is 0 Å². The smallest absolute Gasteiger partial charge is 0.254 e. The molecule has 1 aromatic rings. The number of piperidine rings is 1. The van der Waals surface area contributed by atoms with Crippen LogP contribution in [0.25, 0.3) is 0 Å². The second-order valence-electron chi connectivity index (χ2n) is 7.16. The molecule has 146 valence electrons. The van der Waals surface area contributed by atoms with Crippen molar-refractivity contribution in [2.45, 2.75) is 19.3 Å². The number of carbonyl (C=O) groups excluding carboxylic acids is 1. The van der Waals surface area contributed by atoms with Crippen molar-refractivity contribution in [3.05, 3.63) is 35.4 Å². The van der Waals surface area contributed by atoms with Gasteiger partial charge in [0, 0.05) is 38.3 Å². The Bertz CT molecular complexity index is 556. The number of likely N-dealkylation sites (tertiary alicyclic amines) is 1. The van der Waals surface area contributed by atoms with E-state index in [9.17, 15) is 4.79 Å². The maximum Gasteiger partial charge on any atom is 0.254 e. The Balaban J connectivity index is 0.00000243. The fraction of sp³-hybridized carbons (Fsp3) is 0.650. The van der Waals surface area contributed by atoms with Crippen LogP contribution < -0.4 is 5.32 Å². The van der Waals surface area contributed by atoms with Crippen molar-refractivity contribution in [3.63, 3.8) is 0 Å². The minimum absolute atomic E-state index is 0. The maximum absolute atomic E-state index is 13.0. The van der Waals surface area contributed by atoms with Crippen molar-refractivity contribution in [2.75, 3.05) is 59.5 Å². The normalized spacial score (nSPS) is 19.2. The van der Waals surface area contributed by atoms with Crippen LogP contribution in [0.1, 0.15) is 28.8 Å². The molecule has 2 saturated heterocycles. The Labute approximate surface area is 163 Å². The first kappa shape index (κ1) is 21.2. The lowest BCUT2D eigenvalue weighted by atomic mass is 9.94. The third-order valence-electron chi connectivity index (χ3n) is 5.41. The molecule has 0 atom stereocenters. The van der Waals surface area contributed by atoms with Crippen molar-refractivity contribution < 1.29 is 9.53 Å². The lowest BCUT2D eigenvalue weighted by molar-refractivity contribution is 0.0243. The first-order valence-corrected chi connectivity index (χ1v) is 9.60. The lowest BCUT2D eigenvalue weighted by Crippen LogP contribution is -2.44. The average Bonchev–Trinajstić information content (AvgIpc) is 2.67. The highest BCUT2D eigenvalue weighted by Crippen LogP contribution is 2.22. The van der Waals surface area contributed by atoms with Gasteiger partial charge in [0.15, 0.2) is 0 Å². The molecule has 2 aliphatic rings. The molecule has 26 heavy (non-hydrogen) atoms. The van der Waals surface area contributed by atoms with Crippen molar-refractivity contribution in [1.29, 1.82) is 0 Å². The topological polar surface area (TPSA) is 44.8 Å². The maximum atomic E-state index is 13.0. The van der Waals surface area contributed by atoms with Gasteiger partial charge in [-0.1, -0.05) is 18.2 Å². The van der Waals surface area contributed by atoms with Crippen LogP contribution in [0.15, 0.2) is 24.3 Å². The zero-order valence-corrected chi connectivity index (χ0v) is 16.6. The Kier molecular flexibility index (Phi) is 8.85. The molecule has 1 N–H and O–H groups in total. The molecule has 3 rings (SSSR count). The molecule has 2 aliphatic heterocycles. The average molecular weight is 382 g/mol. The highest BCUT2D eigenvalue weighted by molar-refractivity contribution is 5.95. The zero-order chi connectivity index (χ0) is 17.5. The van der Waals surface area contributed by atoms with E-state index in [4.69, 9.17) is 4.74 Å². The number of nitrogens with one attached hydrogen (secondary N) is 1. The standard InChI is InChI=1S/C20H31N3O2.ClH/c1-21-9-6-18-4-2-3-5-19(18)20(24)23-10-7-17(8-11-23)16-22-12-14-25-15-13-22;/h2-5,17,21H,6-16H2,1H3;1H. The molecule has 6 heteroatoms. The number of halogens is 1. The largest absolute Gasteiger partial charge is 0.379 e. The lowest BCUT2D eigenvalue weighted by Gasteiger charge is -2.36. The summed E-state index contributed by atoms with van der Waals surface area (Å²) in [6, 6.07) is 8.06. The molecule has 2 fully saturated rings. The fourth-order valence-corrected chi connectivity index (χ4v) is 3.84. The van der Waals surface area contributed by atoms with E-state index in [1.165, 1.54) is 0 Å². The Hall–Kier alpha value is -1.14. The van der Waals surface area contributed by atoms with Gasteiger partial charge in [0.05, 0.1) is 13.2 Å². The van der Waals surface area contributed by atoms with Crippen LogP contribution in [0.4, 0.5) is 0 Å². The van der Waals surface area contributed by atoms with Crippen LogP contribution >= 0.6 is 12.4 Å². The summed E-state index contributed by atoms with van der Waals surface area (Å²) in [5, 5.41) is 3.17. The summed E-state index contributed by atoms with van der Waals surface area (Å²) in [7, 11) is 1.95. The third kappa shape index (κ3) is 5.68. The number of ether oxygens (including phenoxy) is 1. The van der Waals surface area contributed by atoms with Gasteiger partial charge in [-0.3, -0.25) is 9.69 Å². The van der Waals surface area contributed by atoms with Crippen LogP contribution in [0.3, 0.4) is 0 Å². The first-order chi connectivity index (χ1) is 12.3. The number of rotatable bonds is 6. The number of amides is 1. The molecular weight excluding hydrogens is 350 g/mol. The van der Waals surface area contributed by atoms with Crippen molar-refractivity contribution in [3.8, 4) is 0 Å². The summed E-state index contributed by atoms with van der Waals surface area (Å²) in [6.07, 6.45) is 3.12. The Morgan fingerprint density at radius 3 is 2.54 bits per heavy atom. The number of hydrogen-bond acceptors (Lipinski definition) is 4. The second-order valence-corrected chi connectivity index (χ2v) is 7.16. The molecule has 2 heterocycles. The van der Waals surface area contributed by atoms with E-state index in [0.717, 1.165) is 82.9 Å². The quantitative estimate of drug-likeness (QED) is 0.819. The van der Waals surface area contributed by atoms with Gasteiger partial charge < -0.3 is 15.0 Å². The summed E-state index contributed by atoms with van der Waals surface area (Å²) in [4.78, 5) is 17.5. The third-order valence-corrected chi connectivity index (χ3v) is 5.41. The van der Waals surface area contributed by atoms with Gasteiger partial charge in [-0.15, -0.1) is 12.4 Å². The molecule has 0 saturated carbocycles. The summed E-state index contributed by atoms with van der Waals surface area (Å²) in [5.74, 6) is 0.915. The number of hydrogen-bond donors (Lipinski definition) is 1. The minimum atomic E-state index is 0. The van der Waals surface area contributed by atoms with E-state index in [1.807, 2.05) is 30.1 Å².